The van der Waals surface area contributed by atoms with E-state index in [2.05, 4.69) is 294 Å². The maximum absolute atomic E-state index is 5.26. The molecule has 94 heavy (non-hydrogen) atoms. The third-order valence-corrected chi connectivity index (χ3v) is 21.2. The van der Waals surface area contributed by atoms with Crippen LogP contribution in [0.3, 0.4) is 0 Å². The molecule has 0 aliphatic heterocycles. The molecular formula is C89H53N5. The van der Waals surface area contributed by atoms with Crippen molar-refractivity contribution in [2.45, 2.75) is 10.8 Å². The molecule has 0 N–H and O–H groups in total. The molecule has 0 fully saturated rings. The predicted molar refractivity (Wildman–Crippen MR) is 383 cm³/mol. The van der Waals surface area contributed by atoms with Crippen molar-refractivity contribution in [2.24, 2.45) is 0 Å². The van der Waals surface area contributed by atoms with Crippen molar-refractivity contribution in [1.82, 2.24) is 24.1 Å². The van der Waals surface area contributed by atoms with Crippen molar-refractivity contribution >= 4 is 43.6 Å². The van der Waals surface area contributed by atoms with Gasteiger partial charge in [-0.05, 0) is 138 Å². The highest BCUT2D eigenvalue weighted by Crippen LogP contribution is 2.66. The Kier molecular flexibility index (Phi) is 10.5. The smallest absolute Gasteiger partial charge is 0.164 e. The van der Waals surface area contributed by atoms with E-state index in [1.807, 2.05) is 36.4 Å². The van der Waals surface area contributed by atoms with Crippen LogP contribution in [0.4, 0.5) is 0 Å². The molecule has 5 heteroatoms. The second-order valence-corrected chi connectivity index (χ2v) is 25.6. The van der Waals surface area contributed by atoms with Gasteiger partial charge in [0.05, 0.1) is 32.9 Å². The van der Waals surface area contributed by atoms with Crippen LogP contribution in [0, 0.1) is 0 Å². The fourth-order valence-electron chi connectivity index (χ4n) is 17.6. The summed E-state index contributed by atoms with van der Waals surface area (Å²) < 4.78 is 5.06. The molecule has 434 valence electrons. The molecule has 3 aromatic heterocycles. The summed E-state index contributed by atoms with van der Waals surface area (Å²) >= 11 is 0. The second-order valence-electron chi connectivity index (χ2n) is 25.6. The van der Waals surface area contributed by atoms with Gasteiger partial charge in [-0.1, -0.05) is 273 Å². The molecule has 4 aliphatic carbocycles. The highest BCUT2D eigenvalue weighted by atomic mass is 15.0. The number of nitrogens with zero attached hydrogens (tertiary/aromatic N) is 5. The Bertz CT molecular complexity index is 5960. The van der Waals surface area contributed by atoms with Crippen molar-refractivity contribution in [1.29, 1.82) is 0 Å². The van der Waals surface area contributed by atoms with Gasteiger partial charge in [-0.2, -0.15) is 0 Å². The number of hydrogen-bond donors (Lipinski definition) is 0. The molecule has 0 unspecified atom stereocenters. The molecule has 14 aromatic carbocycles. The lowest BCUT2D eigenvalue weighted by molar-refractivity contribution is 0.794. The monoisotopic (exact) mass is 1190 g/mol. The van der Waals surface area contributed by atoms with Crippen molar-refractivity contribution < 1.29 is 0 Å². The van der Waals surface area contributed by atoms with Gasteiger partial charge in [0.15, 0.2) is 17.5 Å². The fourth-order valence-corrected chi connectivity index (χ4v) is 17.6. The minimum absolute atomic E-state index is 0.466. The first kappa shape index (κ1) is 51.4. The maximum atomic E-state index is 5.26. The lowest BCUT2D eigenvalue weighted by Crippen LogP contribution is -2.25. The first-order chi connectivity index (χ1) is 46.6. The lowest BCUT2D eigenvalue weighted by Gasteiger charge is -2.30. The van der Waals surface area contributed by atoms with Gasteiger partial charge in [0.1, 0.15) is 0 Å². The molecule has 17 aromatic rings. The van der Waals surface area contributed by atoms with Gasteiger partial charge in [-0.15, -0.1) is 0 Å². The topological polar surface area (TPSA) is 48.5 Å². The molecule has 0 atom stereocenters. The summed E-state index contributed by atoms with van der Waals surface area (Å²) in [7, 11) is 0. The fraction of sp³-hybridized carbons (Fsp3) is 0.0225. The van der Waals surface area contributed by atoms with E-state index in [0.29, 0.717) is 17.5 Å². The summed E-state index contributed by atoms with van der Waals surface area (Å²) in [4.78, 5) is 15.6. The number of hydrogen-bond acceptors (Lipinski definition) is 3. The number of benzene rings is 14. The number of aromatic nitrogens is 5. The van der Waals surface area contributed by atoms with E-state index in [4.69, 9.17) is 15.0 Å². The van der Waals surface area contributed by atoms with Gasteiger partial charge < -0.3 is 9.13 Å². The van der Waals surface area contributed by atoms with E-state index in [0.717, 1.165) is 44.7 Å². The first-order valence-corrected chi connectivity index (χ1v) is 32.5. The summed E-state index contributed by atoms with van der Waals surface area (Å²) in [6.45, 7) is 0. The summed E-state index contributed by atoms with van der Waals surface area (Å²) in [5.41, 5.74) is 31.7. The van der Waals surface area contributed by atoms with Crippen LogP contribution < -0.4 is 0 Å². The first-order valence-electron chi connectivity index (χ1n) is 32.5. The zero-order valence-electron chi connectivity index (χ0n) is 50.8. The largest absolute Gasteiger partial charge is 0.309 e. The van der Waals surface area contributed by atoms with Crippen molar-refractivity contribution in [3.63, 3.8) is 0 Å². The molecule has 0 radical (unpaired) electrons. The van der Waals surface area contributed by atoms with E-state index < -0.39 is 10.8 Å². The summed E-state index contributed by atoms with van der Waals surface area (Å²) in [5.74, 6) is 1.86. The van der Waals surface area contributed by atoms with Gasteiger partial charge in [-0.25, -0.2) is 15.0 Å². The van der Waals surface area contributed by atoms with Gasteiger partial charge in [0.25, 0.3) is 0 Å². The zero-order valence-corrected chi connectivity index (χ0v) is 50.8. The van der Waals surface area contributed by atoms with E-state index in [1.165, 1.54) is 127 Å². The summed E-state index contributed by atoms with van der Waals surface area (Å²) in [6, 6.07) is 119. The standard InChI is InChI=1S/C89H53N5/c1-4-23-54(24-5-1)85-90-86(55-25-6-2-7-26-55)92-87(91-85)58-27-22-30-60(51-58)94-80-50-44-57(53-70(80)66-46-48-78-82(84(66)94)68-36-15-21-42-76(68)89(78)73-39-18-12-33-63(73)64-34-13-19-40-74(64)89)56-43-49-79-69(52-56)65-45-47-77-81(83(65)93(79)59-28-8-3-9-29-59)67-35-14-20-41-75(67)88(77)71-37-16-10-31-61(71)62-32-11-17-38-72(62)88/h1-53H. The van der Waals surface area contributed by atoms with Crippen LogP contribution in [-0.4, -0.2) is 24.1 Å². The summed E-state index contributed by atoms with van der Waals surface area (Å²) in [5, 5.41) is 4.80. The molecule has 4 aliphatic rings. The molecule has 0 amide bonds. The normalized spacial score (nSPS) is 13.7. The van der Waals surface area contributed by atoms with Gasteiger partial charge >= 0.3 is 0 Å². The maximum Gasteiger partial charge on any atom is 0.164 e. The average molecular weight is 1190 g/mol. The Morgan fingerprint density at radius 3 is 0.968 bits per heavy atom. The Hall–Kier alpha value is -12.3. The van der Waals surface area contributed by atoms with Crippen LogP contribution >= 0.6 is 0 Å². The minimum Gasteiger partial charge on any atom is -0.309 e. The van der Waals surface area contributed by atoms with Gasteiger partial charge in [-0.3, -0.25) is 0 Å². The summed E-state index contributed by atoms with van der Waals surface area (Å²) in [6.07, 6.45) is 0. The van der Waals surface area contributed by atoms with E-state index in [1.54, 1.807) is 0 Å². The number of fused-ring (bicyclic) bond motifs is 28. The minimum atomic E-state index is -0.530. The SMILES string of the molecule is c1ccc(-c2nc(-c3ccccc3)nc(-c3cccc(-n4c5ccc(-c6ccc7c(c6)c6ccc8c(c6n7-c6ccccc6)-c6ccccc6C86c7ccccc7-c7ccccc76)cc5c5ccc6c(c54)-c4ccccc4C64c5ccccc5-c5ccccc54)c3)n2)cc1. The second kappa shape index (κ2) is 19.1. The molecule has 2 spiro atoms. The Balaban J connectivity index is 0.809. The van der Waals surface area contributed by atoms with Crippen LogP contribution in [0.5, 0.6) is 0 Å². The molecular weight excluding hydrogens is 1140 g/mol. The van der Waals surface area contributed by atoms with Gasteiger partial charge in [0.2, 0.25) is 0 Å². The quantitative estimate of drug-likeness (QED) is 0.167. The highest BCUT2D eigenvalue weighted by molar-refractivity contribution is 6.20. The number of rotatable bonds is 6. The average Bonchev–Trinajstić information content (AvgIpc) is 1.51. The van der Waals surface area contributed by atoms with E-state index in [9.17, 15) is 0 Å². The van der Waals surface area contributed by atoms with E-state index >= 15 is 0 Å². The van der Waals surface area contributed by atoms with Crippen LogP contribution in [-0.2, 0) is 10.8 Å². The highest BCUT2D eigenvalue weighted by Gasteiger charge is 2.54. The molecule has 5 nitrogen and oxygen atoms in total. The van der Waals surface area contributed by atoms with Crippen LogP contribution in [0.15, 0.2) is 322 Å². The van der Waals surface area contributed by atoms with Crippen molar-refractivity contribution in [3.05, 3.63) is 366 Å². The third-order valence-electron chi connectivity index (χ3n) is 21.2. The van der Waals surface area contributed by atoms with Crippen LogP contribution in [0.1, 0.15) is 44.5 Å². The predicted octanol–water partition coefficient (Wildman–Crippen LogP) is 21.4. The molecule has 0 saturated carbocycles. The van der Waals surface area contributed by atoms with E-state index in [-0.39, 0.29) is 0 Å². The van der Waals surface area contributed by atoms with Crippen molar-refractivity contribution in [3.8, 4) is 101 Å². The van der Waals surface area contributed by atoms with Crippen LogP contribution in [0.2, 0.25) is 0 Å². The Labute approximate surface area is 542 Å². The van der Waals surface area contributed by atoms with Crippen LogP contribution in [0.25, 0.3) is 145 Å². The van der Waals surface area contributed by atoms with Gasteiger partial charge in [0, 0.05) is 60.7 Å². The molecule has 0 saturated heterocycles. The molecule has 21 rings (SSSR count). The Morgan fingerprint density at radius 1 is 0.213 bits per heavy atom. The molecule has 0 bridgehead atoms. The Morgan fingerprint density at radius 2 is 0.543 bits per heavy atom. The van der Waals surface area contributed by atoms with Crippen molar-refractivity contribution in [2.75, 3.05) is 0 Å². The number of para-hydroxylation sites is 1. The third kappa shape index (κ3) is 6.68. The zero-order chi connectivity index (χ0) is 61.4. The lowest BCUT2D eigenvalue weighted by atomic mass is 9.70. The molecule has 3 heterocycles.